The third-order valence-electron chi connectivity index (χ3n) is 2.32. The van der Waals surface area contributed by atoms with Crippen molar-refractivity contribution in [2.24, 2.45) is 5.84 Å². The van der Waals surface area contributed by atoms with Crippen molar-refractivity contribution in [1.29, 1.82) is 0 Å². The van der Waals surface area contributed by atoms with Crippen LogP contribution in [0.5, 0.6) is 5.88 Å². The van der Waals surface area contributed by atoms with Crippen LogP contribution in [-0.4, -0.2) is 9.97 Å². The lowest BCUT2D eigenvalue weighted by Gasteiger charge is -2.09. The summed E-state index contributed by atoms with van der Waals surface area (Å²) in [5.41, 5.74) is 4.20. The van der Waals surface area contributed by atoms with Crippen LogP contribution in [0.25, 0.3) is 0 Å². The molecular weight excluding hydrogens is 252 g/mol. The van der Waals surface area contributed by atoms with Gasteiger partial charge in [-0.15, -0.1) is 0 Å². The summed E-state index contributed by atoms with van der Waals surface area (Å²) < 4.78 is 5.62. The first-order chi connectivity index (χ1) is 8.69. The number of aromatic nitrogens is 2. The number of benzene rings is 1. The van der Waals surface area contributed by atoms with Crippen molar-refractivity contribution in [3.05, 3.63) is 46.6 Å². The fourth-order valence-electron chi connectivity index (χ4n) is 1.42. The zero-order chi connectivity index (χ0) is 13.0. The van der Waals surface area contributed by atoms with Crippen molar-refractivity contribution in [3.63, 3.8) is 0 Å². The minimum Gasteiger partial charge on any atom is -0.472 e. The average molecular weight is 265 g/mol. The number of nitrogens with one attached hydrogen (secondary N) is 1. The van der Waals surface area contributed by atoms with Crippen molar-refractivity contribution in [1.82, 2.24) is 9.97 Å². The maximum Gasteiger partial charge on any atom is 0.240 e. The second-order valence-electron chi connectivity index (χ2n) is 3.74. The molecule has 2 aromatic rings. The molecule has 3 N–H and O–H groups in total. The zero-order valence-electron chi connectivity index (χ0n) is 9.85. The highest BCUT2D eigenvalue weighted by molar-refractivity contribution is 6.30. The smallest absolute Gasteiger partial charge is 0.240 e. The van der Waals surface area contributed by atoms with E-state index in [9.17, 15) is 0 Å². The Hall–Kier alpha value is -1.85. The van der Waals surface area contributed by atoms with Gasteiger partial charge in [0.2, 0.25) is 11.8 Å². The summed E-state index contributed by atoms with van der Waals surface area (Å²) in [5.74, 6) is 6.07. The Morgan fingerprint density at radius 2 is 2.28 bits per heavy atom. The summed E-state index contributed by atoms with van der Waals surface area (Å²) in [6.45, 7) is 2.26. The number of nitrogen functional groups attached to an aromatic ring is 1. The molecule has 1 aromatic carbocycles. The highest BCUT2D eigenvalue weighted by Gasteiger charge is 2.04. The highest BCUT2D eigenvalue weighted by Crippen LogP contribution is 2.17. The Balaban J connectivity index is 2.10. The summed E-state index contributed by atoms with van der Waals surface area (Å²) in [7, 11) is 0. The van der Waals surface area contributed by atoms with Crippen LogP contribution in [0.15, 0.2) is 30.5 Å². The van der Waals surface area contributed by atoms with E-state index >= 15 is 0 Å². The Morgan fingerprint density at radius 1 is 1.44 bits per heavy atom. The van der Waals surface area contributed by atoms with Gasteiger partial charge in [-0.1, -0.05) is 23.7 Å². The Kier molecular flexibility index (Phi) is 3.96. The molecule has 0 spiro atoms. The summed E-state index contributed by atoms with van der Waals surface area (Å²) in [4.78, 5) is 8.10. The number of aryl methyl sites for hydroxylation is 1. The quantitative estimate of drug-likeness (QED) is 0.655. The van der Waals surface area contributed by atoms with Crippen LogP contribution in [0, 0.1) is 6.92 Å². The van der Waals surface area contributed by atoms with Gasteiger partial charge in [0.05, 0.1) is 0 Å². The number of hydrogen-bond acceptors (Lipinski definition) is 5. The molecule has 18 heavy (non-hydrogen) atoms. The topological polar surface area (TPSA) is 73.1 Å². The standard InChI is InChI=1S/C12H13ClN4O/c1-8-6-15-12(17-14)16-11(8)18-7-9-3-2-4-10(13)5-9/h2-6H,7,14H2,1H3,(H,15,16,17). The number of halogens is 1. The number of hydrazine groups is 1. The van der Waals surface area contributed by atoms with Crippen molar-refractivity contribution < 1.29 is 4.74 Å². The largest absolute Gasteiger partial charge is 0.472 e. The van der Waals surface area contributed by atoms with Crippen molar-refractivity contribution >= 4 is 17.5 Å². The van der Waals surface area contributed by atoms with Gasteiger partial charge in [-0.3, -0.25) is 5.43 Å². The summed E-state index contributed by atoms with van der Waals surface area (Å²) in [6, 6.07) is 7.48. The van der Waals surface area contributed by atoms with Gasteiger partial charge in [-0.2, -0.15) is 4.98 Å². The molecule has 0 unspecified atom stereocenters. The molecule has 6 heteroatoms. The minimum atomic E-state index is 0.321. The SMILES string of the molecule is Cc1cnc(NN)nc1OCc1cccc(Cl)c1. The minimum absolute atomic E-state index is 0.321. The van der Waals surface area contributed by atoms with Crippen molar-refractivity contribution in [2.75, 3.05) is 5.43 Å². The number of ether oxygens (including phenoxy) is 1. The molecule has 2 rings (SSSR count). The molecule has 94 valence electrons. The van der Waals surface area contributed by atoms with E-state index in [2.05, 4.69) is 15.4 Å². The predicted molar refractivity (Wildman–Crippen MR) is 70.4 cm³/mol. The summed E-state index contributed by atoms with van der Waals surface area (Å²) in [5, 5.41) is 0.680. The van der Waals surface area contributed by atoms with Crippen LogP contribution in [0.3, 0.4) is 0 Å². The van der Waals surface area contributed by atoms with E-state index in [0.29, 0.717) is 23.5 Å². The lowest BCUT2D eigenvalue weighted by Crippen LogP contribution is -2.11. The molecule has 0 atom stereocenters. The molecule has 0 bridgehead atoms. The molecule has 0 aliphatic heterocycles. The molecular formula is C12H13ClN4O. The monoisotopic (exact) mass is 264 g/mol. The van der Waals surface area contributed by atoms with Gasteiger partial charge in [0, 0.05) is 16.8 Å². The molecule has 5 nitrogen and oxygen atoms in total. The van der Waals surface area contributed by atoms with Gasteiger partial charge in [0.25, 0.3) is 0 Å². The summed E-state index contributed by atoms with van der Waals surface area (Å²) >= 11 is 5.90. The van der Waals surface area contributed by atoms with Crippen molar-refractivity contribution in [2.45, 2.75) is 13.5 Å². The first kappa shape index (κ1) is 12.6. The van der Waals surface area contributed by atoms with Crippen LogP contribution in [0.1, 0.15) is 11.1 Å². The zero-order valence-corrected chi connectivity index (χ0v) is 10.6. The molecule has 1 heterocycles. The lowest BCUT2D eigenvalue weighted by atomic mass is 10.2. The normalized spacial score (nSPS) is 10.2. The van der Waals surface area contributed by atoms with E-state index in [-0.39, 0.29) is 0 Å². The van der Waals surface area contributed by atoms with E-state index in [4.69, 9.17) is 22.2 Å². The summed E-state index contributed by atoms with van der Waals surface area (Å²) in [6.07, 6.45) is 1.65. The van der Waals surface area contributed by atoms with Gasteiger partial charge in [0.1, 0.15) is 6.61 Å². The number of anilines is 1. The van der Waals surface area contributed by atoms with Crippen LogP contribution < -0.4 is 16.0 Å². The van der Waals surface area contributed by atoms with Crippen LogP contribution in [-0.2, 0) is 6.61 Å². The van der Waals surface area contributed by atoms with Crippen molar-refractivity contribution in [3.8, 4) is 5.88 Å². The first-order valence-electron chi connectivity index (χ1n) is 5.36. The first-order valence-corrected chi connectivity index (χ1v) is 5.74. The van der Waals surface area contributed by atoms with Gasteiger partial charge < -0.3 is 4.74 Å². The average Bonchev–Trinajstić information content (AvgIpc) is 2.38. The fraction of sp³-hybridized carbons (Fsp3) is 0.167. The van der Waals surface area contributed by atoms with Gasteiger partial charge in [-0.25, -0.2) is 10.8 Å². The second kappa shape index (κ2) is 5.66. The molecule has 0 aliphatic rings. The van der Waals surface area contributed by atoms with Crippen LogP contribution >= 0.6 is 11.6 Å². The molecule has 0 amide bonds. The number of rotatable bonds is 4. The van der Waals surface area contributed by atoms with E-state index in [1.807, 2.05) is 31.2 Å². The Bertz CT molecular complexity index is 547. The molecule has 0 radical (unpaired) electrons. The fourth-order valence-corrected chi connectivity index (χ4v) is 1.63. The van der Waals surface area contributed by atoms with Crippen LogP contribution in [0.2, 0.25) is 5.02 Å². The molecule has 1 aromatic heterocycles. The third kappa shape index (κ3) is 3.09. The van der Waals surface area contributed by atoms with E-state index < -0.39 is 0 Å². The molecule has 0 saturated carbocycles. The van der Waals surface area contributed by atoms with Gasteiger partial charge in [-0.05, 0) is 24.6 Å². The molecule has 0 saturated heterocycles. The Labute approximate surface area is 110 Å². The third-order valence-corrected chi connectivity index (χ3v) is 2.55. The number of hydrogen-bond donors (Lipinski definition) is 2. The molecule has 0 aliphatic carbocycles. The van der Waals surface area contributed by atoms with Crippen LogP contribution in [0.4, 0.5) is 5.95 Å². The maximum atomic E-state index is 5.90. The van der Waals surface area contributed by atoms with E-state index in [1.54, 1.807) is 6.20 Å². The maximum absolute atomic E-state index is 5.90. The predicted octanol–water partition coefficient (Wildman–Crippen LogP) is 2.30. The Morgan fingerprint density at radius 3 is 3.00 bits per heavy atom. The lowest BCUT2D eigenvalue weighted by molar-refractivity contribution is 0.291. The number of nitrogens with two attached hydrogens (primary N) is 1. The molecule has 0 fully saturated rings. The van der Waals surface area contributed by atoms with Gasteiger partial charge in [0.15, 0.2) is 0 Å². The highest BCUT2D eigenvalue weighted by atomic mass is 35.5. The van der Waals surface area contributed by atoms with E-state index in [0.717, 1.165) is 11.1 Å². The van der Waals surface area contributed by atoms with E-state index in [1.165, 1.54) is 0 Å². The number of nitrogens with zero attached hydrogens (tertiary/aromatic N) is 2. The van der Waals surface area contributed by atoms with Gasteiger partial charge >= 0.3 is 0 Å². The second-order valence-corrected chi connectivity index (χ2v) is 4.18.